The number of rotatable bonds is 16. The van der Waals surface area contributed by atoms with Gasteiger partial charge in [-0.25, -0.2) is 0 Å². The van der Waals surface area contributed by atoms with Crippen molar-refractivity contribution in [3.8, 4) is 5.00 Å². The van der Waals surface area contributed by atoms with Crippen LogP contribution in [0.2, 0.25) is 5.02 Å². The summed E-state index contributed by atoms with van der Waals surface area (Å²) in [6.07, 6.45) is 5.32. The fourth-order valence-corrected chi connectivity index (χ4v) is 9.02. The van der Waals surface area contributed by atoms with Crippen LogP contribution in [-0.4, -0.2) is 74.0 Å². The molecule has 1 unspecified atom stereocenters. The maximum Gasteiger partial charge on any atom is 0.255 e. The quantitative estimate of drug-likeness (QED) is 0.0911. The number of ketones is 1. The van der Waals surface area contributed by atoms with Crippen molar-refractivity contribution in [3.05, 3.63) is 91.8 Å². The molecular formula is C42H46ClN7O6S. The highest BCUT2D eigenvalue weighted by Crippen LogP contribution is 2.40. The molecule has 1 fully saturated rings. The van der Waals surface area contributed by atoms with Gasteiger partial charge in [0.1, 0.15) is 28.7 Å². The molecular weight excluding hydrogens is 766 g/mol. The third kappa shape index (κ3) is 8.78. The molecule has 4 aromatic rings. The summed E-state index contributed by atoms with van der Waals surface area (Å²) >= 11 is 7.91. The van der Waals surface area contributed by atoms with E-state index in [-0.39, 0.29) is 49.3 Å². The van der Waals surface area contributed by atoms with Gasteiger partial charge in [0, 0.05) is 83.3 Å². The van der Waals surface area contributed by atoms with Crippen molar-refractivity contribution in [1.29, 1.82) is 0 Å². The summed E-state index contributed by atoms with van der Waals surface area (Å²) in [5, 5.41) is 15.8. The van der Waals surface area contributed by atoms with E-state index in [9.17, 15) is 24.0 Å². The number of amides is 4. The lowest BCUT2D eigenvalue weighted by molar-refractivity contribution is -0.137. The van der Waals surface area contributed by atoms with Gasteiger partial charge in [0.2, 0.25) is 17.7 Å². The highest BCUT2D eigenvalue weighted by molar-refractivity contribution is 7.15. The van der Waals surface area contributed by atoms with Crippen LogP contribution in [0.25, 0.3) is 5.00 Å². The maximum atomic E-state index is 13.3. The van der Waals surface area contributed by atoms with Crippen molar-refractivity contribution >= 4 is 63.7 Å². The van der Waals surface area contributed by atoms with Gasteiger partial charge in [0.05, 0.1) is 5.71 Å². The van der Waals surface area contributed by atoms with E-state index >= 15 is 0 Å². The normalized spacial score (nSPS) is 17.4. The lowest BCUT2D eigenvalue weighted by Gasteiger charge is -2.29. The molecule has 298 valence electrons. The molecule has 0 bridgehead atoms. The van der Waals surface area contributed by atoms with Gasteiger partial charge >= 0.3 is 0 Å². The van der Waals surface area contributed by atoms with Crippen molar-refractivity contribution in [2.45, 2.75) is 104 Å². The minimum atomic E-state index is -0.710. The predicted octanol–water partition coefficient (Wildman–Crippen LogP) is 6.91. The van der Waals surface area contributed by atoms with E-state index in [4.69, 9.17) is 21.3 Å². The number of unbranched alkanes of at least 4 members (excludes halogenated alkanes) is 3. The summed E-state index contributed by atoms with van der Waals surface area (Å²) in [7, 11) is 0. The number of carbonyl (C=O) groups excluding carboxylic acids is 5. The number of imide groups is 1. The number of aliphatic imine (C=N–C) groups is 1. The highest BCUT2D eigenvalue weighted by Gasteiger charge is 2.40. The summed E-state index contributed by atoms with van der Waals surface area (Å²) in [5.74, 6) is 0.295. The number of nitrogens with one attached hydrogen (secondary N) is 2. The first-order valence-electron chi connectivity index (χ1n) is 19.5. The van der Waals surface area contributed by atoms with Gasteiger partial charge in [-0.2, -0.15) is 0 Å². The Balaban J connectivity index is 0.823. The van der Waals surface area contributed by atoms with Crippen LogP contribution in [0.1, 0.15) is 119 Å². The van der Waals surface area contributed by atoms with Crippen LogP contribution in [-0.2, 0) is 30.5 Å². The fraction of sp³-hybridized carbons (Fsp3) is 0.429. The van der Waals surface area contributed by atoms with Crippen molar-refractivity contribution in [3.63, 3.8) is 0 Å². The van der Waals surface area contributed by atoms with Gasteiger partial charge in [-0.15, -0.1) is 21.5 Å². The number of ether oxygens (including phenoxy) is 1. The van der Waals surface area contributed by atoms with Crippen LogP contribution in [0, 0.1) is 20.8 Å². The second-order valence-corrected chi connectivity index (χ2v) is 16.4. The maximum absolute atomic E-state index is 13.3. The molecule has 0 aliphatic carbocycles. The molecule has 7 rings (SSSR count). The van der Waals surface area contributed by atoms with E-state index in [1.165, 1.54) is 9.78 Å². The largest absolute Gasteiger partial charge is 0.381 e. The SMILES string of the molecule is Cc1sc2c(c1C)C(c1ccc(Cl)cc1)=N[C@@H](CC(=O)CCCOCCCCCCC(=O)Nc1cccc3c1CN(C1CCC(=O)NC1=O)C3=O)c1nnc(C)n1-2. The van der Waals surface area contributed by atoms with Crippen LogP contribution in [0.5, 0.6) is 0 Å². The van der Waals surface area contributed by atoms with E-state index in [1.807, 2.05) is 31.2 Å². The average molecular weight is 812 g/mol. The molecule has 57 heavy (non-hydrogen) atoms. The second-order valence-electron chi connectivity index (χ2n) is 14.8. The van der Waals surface area contributed by atoms with Gasteiger partial charge in [-0.1, -0.05) is 42.6 Å². The molecule has 3 aliphatic heterocycles. The van der Waals surface area contributed by atoms with Crippen LogP contribution < -0.4 is 10.6 Å². The smallest absolute Gasteiger partial charge is 0.255 e. The first-order valence-corrected chi connectivity index (χ1v) is 20.7. The minimum Gasteiger partial charge on any atom is -0.381 e. The van der Waals surface area contributed by atoms with Crippen LogP contribution in [0.3, 0.4) is 0 Å². The minimum absolute atomic E-state index is 0.0881. The van der Waals surface area contributed by atoms with Crippen LogP contribution in [0.4, 0.5) is 5.69 Å². The zero-order valence-corrected chi connectivity index (χ0v) is 33.9. The van der Waals surface area contributed by atoms with Gasteiger partial charge in [-0.05, 0) is 76.3 Å². The molecule has 2 N–H and O–H groups in total. The molecule has 0 spiro atoms. The summed E-state index contributed by atoms with van der Waals surface area (Å²) in [4.78, 5) is 71.1. The number of aryl methyl sites for hydroxylation is 2. The zero-order chi connectivity index (χ0) is 40.2. The Morgan fingerprint density at radius 1 is 0.965 bits per heavy atom. The third-order valence-electron chi connectivity index (χ3n) is 10.8. The topological polar surface area (TPSA) is 165 Å². The van der Waals surface area contributed by atoms with E-state index < -0.39 is 18.0 Å². The highest BCUT2D eigenvalue weighted by atomic mass is 35.5. The van der Waals surface area contributed by atoms with Crippen molar-refractivity contribution in [2.24, 2.45) is 4.99 Å². The van der Waals surface area contributed by atoms with E-state index in [2.05, 4.69) is 39.2 Å². The monoisotopic (exact) mass is 811 g/mol. The summed E-state index contributed by atoms with van der Waals surface area (Å²) in [6.45, 7) is 7.39. The predicted molar refractivity (Wildman–Crippen MR) is 217 cm³/mol. The molecule has 3 aliphatic rings. The Morgan fingerprint density at radius 2 is 1.74 bits per heavy atom. The number of nitrogens with zero attached hydrogens (tertiary/aromatic N) is 5. The molecule has 0 radical (unpaired) electrons. The Hall–Kier alpha value is -5.05. The third-order valence-corrected chi connectivity index (χ3v) is 12.3. The number of fused-ring (bicyclic) bond motifs is 4. The first-order chi connectivity index (χ1) is 27.5. The molecule has 2 aromatic carbocycles. The van der Waals surface area contributed by atoms with Crippen LogP contribution in [0.15, 0.2) is 47.5 Å². The fourth-order valence-electron chi connectivity index (χ4n) is 7.68. The van der Waals surface area contributed by atoms with Crippen molar-refractivity contribution in [1.82, 2.24) is 25.0 Å². The number of benzene rings is 2. The molecule has 2 atom stereocenters. The Labute approximate surface area is 340 Å². The van der Waals surface area contributed by atoms with Gasteiger partial charge in [0.25, 0.3) is 5.91 Å². The Bertz CT molecular complexity index is 2250. The number of piperidine rings is 1. The average Bonchev–Trinajstić information content (AvgIpc) is 3.80. The standard InChI is InChI=1S/C42H46ClN7O6S/c1-24-25(2)57-42-37(24)38(27-14-16-28(43)17-15-27)45-33(39-48-47-26(3)50(39)42)22-29(51)10-9-21-56-20-7-5-4-6-13-35(52)44-32-12-8-11-30-31(32)23-49(41(30)55)34-18-19-36(53)46-40(34)54/h8,11-12,14-17,33-34H,4-7,9-10,13,18-23H2,1-3H3,(H,44,52)(H,46,53,54)/t33-,34?/m0/s1. The summed E-state index contributed by atoms with van der Waals surface area (Å²) < 4.78 is 7.90. The summed E-state index contributed by atoms with van der Waals surface area (Å²) in [6, 6.07) is 11.6. The van der Waals surface area contributed by atoms with Crippen LogP contribution >= 0.6 is 22.9 Å². The Kier molecular flexibility index (Phi) is 12.4. The van der Waals surface area contributed by atoms with Gasteiger partial charge in [0.15, 0.2) is 5.82 Å². The molecule has 13 nitrogen and oxygen atoms in total. The number of hydrogen-bond acceptors (Lipinski definition) is 10. The molecule has 0 saturated carbocycles. The number of halogens is 1. The lowest BCUT2D eigenvalue weighted by atomic mass is 9.99. The molecule has 4 amide bonds. The number of carbonyl (C=O) groups is 5. The number of aromatic nitrogens is 3. The lowest BCUT2D eigenvalue weighted by Crippen LogP contribution is -2.52. The zero-order valence-electron chi connectivity index (χ0n) is 32.4. The molecule has 15 heteroatoms. The summed E-state index contributed by atoms with van der Waals surface area (Å²) in [5.41, 5.74) is 5.65. The van der Waals surface area contributed by atoms with E-state index in [0.717, 1.165) is 52.5 Å². The molecule has 5 heterocycles. The number of thiophene rings is 1. The molecule has 1 saturated heterocycles. The van der Waals surface area contributed by atoms with Gasteiger partial charge < -0.3 is 15.0 Å². The van der Waals surface area contributed by atoms with Crippen molar-refractivity contribution < 1.29 is 28.7 Å². The van der Waals surface area contributed by atoms with E-state index in [1.54, 1.807) is 29.5 Å². The number of hydrogen-bond donors (Lipinski definition) is 2. The van der Waals surface area contributed by atoms with Crippen molar-refractivity contribution in [2.75, 3.05) is 18.5 Å². The number of Topliss-reactive ketones (excluding diaryl/α,β-unsaturated/α-hetero) is 1. The first kappa shape index (κ1) is 40.2. The van der Waals surface area contributed by atoms with Gasteiger partial charge in [-0.3, -0.25) is 38.8 Å². The number of anilines is 1. The van der Waals surface area contributed by atoms with E-state index in [0.29, 0.717) is 66.6 Å². The second kappa shape index (κ2) is 17.6. The Morgan fingerprint density at radius 3 is 2.53 bits per heavy atom. The molecule has 2 aromatic heterocycles.